The summed E-state index contributed by atoms with van der Waals surface area (Å²) in [7, 11) is 0. The summed E-state index contributed by atoms with van der Waals surface area (Å²) < 4.78 is 164. The standard InChI is InChI=1S/C37H39F5N2O4.C26H22F5N3O/c1-5-29(25-19-26(37(40,41)42)22-27(38)20-25)34(23-11-14-28(15-12-23)46-18-8-10-33(45)48-36(2,3)4)24-13-16-31-30(21-24)35(39)43-44(31)32-9-6-7-17-47-32;1-2-21(17-11-18(26(29,30)31)14-19(27)12-17)24(15-3-6-20(7-4-15)35-10-9-32)16-5-8-23-22(13-16)25(28)34-33-23/h11-16,19-22,32H,5-10,17-18H2,1-4H3;3-8,11-14H,2,9-10,32H2,1H3,(H,33,34)/b34-29+;24-21+. The van der Waals surface area contributed by atoms with Crippen LogP contribution in [0, 0.1) is 23.5 Å². The number of benzene rings is 6. The molecule has 3 N–H and O–H groups in total. The number of nitrogens with zero attached hydrogens (tertiary/aromatic N) is 3. The van der Waals surface area contributed by atoms with E-state index in [0.29, 0.717) is 112 Å². The summed E-state index contributed by atoms with van der Waals surface area (Å²) in [5.74, 6) is -2.58. The second-order valence-electron chi connectivity index (χ2n) is 20.6. The van der Waals surface area contributed by atoms with Crippen LogP contribution in [0.2, 0.25) is 0 Å². The fourth-order valence-corrected chi connectivity index (χ4v) is 9.88. The molecule has 83 heavy (non-hydrogen) atoms. The van der Waals surface area contributed by atoms with Crippen LogP contribution in [0.15, 0.2) is 121 Å². The van der Waals surface area contributed by atoms with Gasteiger partial charge in [0.25, 0.3) is 0 Å². The molecule has 0 saturated carbocycles. The first kappa shape index (κ1) is 61.1. The molecule has 1 atom stereocenters. The lowest BCUT2D eigenvalue weighted by Crippen LogP contribution is -2.23. The number of rotatable bonds is 17. The average molecular weight is 1160 g/mol. The van der Waals surface area contributed by atoms with Gasteiger partial charge in [0.05, 0.1) is 39.5 Å². The molecule has 438 valence electrons. The molecule has 2 aromatic heterocycles. The smallest absolute Gasteiger partial charge is 0.416 e. The van der Waals surface area contributed by atoms with Gasteiger partial charge in [-0.2, -0.15) is 40.2 Å². The van der Waals surface area contributed by atoms with E-state index in [1.54, 1.807) is 120 Å². The highest BCUT2D eigenvalue weighted by Crippen LogP contribution is 2.42. The number of esters is 1. The number of aromatic nitrogens is 4. The molecule has 1 unspecified atom stereocenters. The number of ether oxygens (including phenoxy) is 4. The molecule has 1 fully saturated rings. The number of aromatic amines is 1. The Balaban J connectivity index is 0.000000228. The maximum absolute atomic E-state index is 15.4. The van der Waals surface area contributed by atoms with Crippen molar-refractivity contribution in [1.29, 1.82) is 0 Å². The molecular weight excluding hydrogens is 1100 g/mol. The zero-order valence-electron chi connectivity index (χ0n) is 46.1. The van der Waals surface area contributed by atoms with E-state index in [-0.39, 0.29) is 53.7 Å². The SMILES string of the molecule is CC/C(=C(/c1ccc(OCCCC(=O)OC(C)(C)C)cc1)c1ccc2c(c1)c(F)nn2C1CCCCO1)c1cc(F)cc(C(F)(F)F)c1.CC/C(=C(/c1ccc(OCCN)cc1)c1ccc2n[nH]c(F)c2c1)c1cc(F)cc(C(F)(F)F)c1. The first-order valence-electron chi connectivity index (χ1n) is 27.0. The monoisotopic (exact) mass is 1160 g/mol. The summed E-state index contributed by atoms with van der Waals surface area (Å²) >= 11 is 0. The lowest BCUT2D eigenvalue weighted by atomic mass is 9.87. The zero-order chi connectivity index (χ0) is 59.8. The molecule has 1 aliphatic rings. The minimum atomic E-state index is -4.75. The second kappa shape index (κ2) is 26.1. The van der Waals surface area contributed by atoms with Crippen LogP contribution in [0.25, 0.3) is 44.1 Å². The first-order chi connectivity index (χ1) is 39.4. The van der Waals surface area contributed by atoms with E-state index in [2.05, 4.69) is 15.3 Å². The van der Waals surface area contributed by atoms with E-state index in [9.17, 15) is 44.3 Å². The van der Waals surface area contributed by atoms with Crippen molar-refractivity contribution >= 4 is 50.1 Å². The van der Waals surface area contributed by atoms with Crippen LogP contribution in [0.5, 0.6) is 11.5 Å². The fraction of sp³-hybridized carbons (Fsp3) is 0.317. The van der Waals surface area contributed by atoms with Gasteiger partial charge in [0.1, 0.15) is 35.3 Å². The molecule has 6 aromatic carbocycles. The van der Waals surface area contributed by atoms with E-state index < -0.39 is 58.8 Å². The topological polar surface area (TPSA) is 127 Å². The molecule has 0 bridgehead atoms. The van der Waals surface area contributed by atoms with Crippen LogP contribution < -0.4 is 15.2 Å². The number of carbonyl (C=O) groups excluding carboxylic acids is 1. The normalized spacial score (nSPS) is 14.7. The zero-order valence-corrected chi connectivity index (χ0v) is 46.1. The van der Waals surface area contributed by atoms with Gasteiger partial charge in [0.15, 0.2) is 6.23 Å². The molecule has 0 radical (unpaired) electrons. The Hall–Kier alpha value is -7.97. The van der Waals surface area contributed by atoms with Gasteiger partial charge in [0, 0.05) is 19.6 Å². The van der Waals surface area contributed by atoms with Crippen LogP contribution in [0.1, 0.15) is 130 Å². The van der Waals surface area contributed by atoms with Crippen molar-refractivity contribution in [3.8, 4) is 11.5 Å². The summed E-state index contributed by atoms with van der Waals surface area (Å²) in [4.78, 5) is 12.0. The Bertz CT molecular complexity index is 3630. The van der Waals surface area contributed by atoms with Gasteiger partial charge in [-0.15, -0.1) is 5.10 Å². The third kappa shape index (κ3) is 15.2. The molecule has 0 aliphatic carbocycles. The number of hydrogen-bond donors (Lipinski definition) is 2. The van der Waals surface area contributed by atoms with Crippen LogP contribution in [-0.4, -0.2) is 57.9 Å². The van der Waals surface area contributed by atoms with Crippen LogP contribution >= 0.6 is 0 Å². The third-order valence-electron chi connectivity index (χ3n) is 13.5. The number of H-pyrrole nitrogens is 1. The van der Waals surface area contributed by atoms with Crippen molar-refractivity contribution in [1.82, 2.24) is 20.0 Å². The number of nitrogens with two attached hydrogens (primary N) is 1. The number of allylic oxidation sites excluding steroid dienone is 2. The van der Waals surface area contributed by atoms with Crippen molar-refractivity contribution in [2.24, 2.45) is 5.73 Å². The Labute approximate surface area is 472 Å². The van der Waals surface area contributed by atoms with E-state index >= 15 is 4.39 Å². The Kier molecular flexibility index (Phi) is 19.2. The van der Waals surface area contributed by atoms with Gasteiger partial charge in [-0.05, 0) is 200 Å². The highest BCUT2D eigenvalue weighted by atomic mass is 19.4. The minimum absolute atomic E-state index is 0.0640. The van der Waals surface area contributed by atoms with Crippen LogP contribution in [0.4, 0.5) is 43.9 Å². The predicted molar refractivity (Wildman–Crippen MR) is 298 cm³/mol. The Morgan fingerprint density at radius 2 is 1.17 bits per heavy atom. The molecule has 0 amide bonds. The van der Waals surface area contributed by atoms with Gasteiger partial charge in [-0.1, -0.05) is 50.2 Å². The number of nitrogens with one attached hydrogen (secondary N) is 1. The van der Waals surface area contributed by atoms with Crippen molar-refractivity contribution in [3.05, 3.63) is 189 Å². The molecule has 0 spiro atoms. The summed E-state index contributed by atoms with van der Waals surface area (Å²) in [6.07, 6.45) is -6.17. The molecule has 10 nitrogen and oxygen atoms in total. The van der Waals surface area contributed by atoms with Gasteiger partial charge in [0.2, 0.25) is 11.9 Å². The highest BCUT2D eigenvalue weighted by molar-refractivity contribution is 6.02. The quantitative estimate of drug-likeness (QED) is 0.0400. The number of hydrogen-bond acceptors (Lipinski definition) is 8. The number of fused-ring (bicyclic) bond motifs is 2. The summed E-state index contributed by atoms with van der Waals surface area (Å²) in [5.41, 5.74) is 8.07. The molecule has 1 aliphatic heterocycles. The van der Waals surface area contributed by atoms with Crippen LogP contribution in [-0.2, 0) is 26.6 Å². The Morgan fingerprint density at radius 3 is 1.66 bits per heavy atom. The largest absolute Gasteiger partial charge is 0.494 e. The van der Waals surface area contributed by atoms with Gasteiger partial charge < -0.3 is 24.7 Å². The van der Waals surface area contributed by atoms with Gasteiger partial charge in [-0.3, -0.25) is 9.89 Å². The maximum atomic E-state index is 15.4. The van der Waals surface area contributed by atoms with Crippen LogP contribution in [0.3, 0.4) is 0 Å². The Morgan fingerprint density at radius 1 is 0.651 bits per heavy atom. The summed E-state index contributed by atoms with van der Waals surface area (Å²) in [6.45, 7) is 10.4. The first-order valence-corrected chi connectivity index (χ1v) is 27.0. The molecule has 9 rings (SSSR count). The lowest BCUT2D eigenvalue weighted by Gasteiger charge is -2.23. The fourth-order valence-electron chi connectivity index (χ4n) is 9.88. The third-order valence-corrected chi connectivity index (χ3v) is 13.5. The minimum Gasteiger partial charge on any atom is -0.494 e. The maximum Gasteiger partial charge on any atom is 0.416 e. The summed E-state index contributed by atoms with van der Waals surface area (Å²) in [5, 5.41) is 10.8. The predicted octanol–water partition coefficient (Wildman–Crippen LogP) is 16.5. The van der Waals surface area contributed by atoms with Crippen molar-refractivity contribution < 1.29 is 67.6 Å². The number of halogens is 10. The van der Waals surface area contributed by atoms with E-state index in [1.807, 2.05) is 0 Å². The second-order valence-corrected chi connectivity index (χ2v) is 20.6. The average Bonchev–Trinajstić information content (AvgIpc) is 3.29. The van der Waals surface area contributed by atoms with Crippen molar-refractivity contribution in [2.75, 3.05) is 26.4 Å². The molecule has 8 aromatic rings. The van der Waals surface area contributed by atoms with Crippen molar-refractivity contribution in [2.45, 2.75) is 104 Å². The molecule has 1 saturated heterocycles. The number of carbonyl (C=O) groups is 1. The van der Waals surface area contributed by atoms with E-state index in [4.69, 9.17) is 24.7 Å². The lowest BCUT2D eigenvalue weighted by molar-refractivity contribution is -0.155. The van der Waals surface area contributed by atoms with Gasteiger partial charge in [-0.25, -0.2) is 13.5 Å². The van der Waals surface area contributed by atoms with Gasteiger partial charge >= 0.3 is 18.3 Å². The highest BCUT2D eigenvalue weighted by Gasteiger charge is 2.33. The molecule has 20 heteroatoms. The number of alkyl halides is 6. The van der Waals surface area contributed by atoms with E-state index in [1.165, 1.54) is 4.68 Å². The van der Waals surface area contributed by atoms with Crippen molar-refractivity contribution in [3.63, 3.8) is 0 Å². The van der Waals surface area contributed by atoms with E-state index in [0.717, 1.165) is 37.1 Å². The molecular formula is C63H61F10N5O5. The molecule has 3 heterocycles. The summed E-state index contributed by atoms with van der Waals surface area (Å²) in [6, 6.07) is 28.8.